The van der Waals surface area contributed by atoms with Gasteiger partial charge in [-0.1, -0.05) is 5.16 Å². The van der Waals surface area contributed by atoms with Crippen molar-refractivity contribution in [3.05, 3.63) is 65.6 Å². The van der Waals surface area contributed by atoms with Crippen LogP contribution in [0.25, 0.3) is 5.69 Å². The van der Waals surface area contributed by atoms with Crippen LogP contribution in [0.15, 0.2) is 47.3 Å². The van der Waals surface area contributed by atoms with Crippen LogP contribution in [0, 0.1) is 5.82 Å². The third-order valence-corrected chi connectivity index (χ3v) is 3.53. The number of carbonyl (C=O) groups excluding carboxylic acids is 1. The maximum atomic E-state index is 13.2. The molecule has 0 amide bonds. The van der Waals surface area contributed by atoms with Crippen molar-refractivity contribution in [3.63, 3.8) is 0 Å². The highest BCUT2D eigenvalue weighted by atomic mass is 19.1. The molecule has 0 aliphatic heterocycles. The average Bonchev–Trinajstić information content (AvgIpc) is 3.26. The number of nitrogens with one attached hydrogen (secondary N) is 1. The molecule has 0 bridgehead atoms. The summed E-state index contributed by atoms with van der Waals surface area (Å²) < 4.78 is 24.6. The van der Waals surface area contributed by atoms with Crippen LogP contribution < -0.4 is 5.32 Å². The lowest BCUT2D eigenvalue weighted by Crippen LogP contribution is -2.19. The van der Waals surface area contributed by atoms with E-state index in [1.807, 2.05) is 0 Å². The molecule has 8 heteroatoms. The van der Waals surface area contributed by atoms with Gasteiger partial charge in [-0.05, 0) is 31.2 Å². The number of ether oxygens (including phenoxy) is 1. The zero-order chi connectivity index (χ0) is 17.6. The summed E-state index contributed by atoms with van der Waals surface area (Å²) in [6.07, 6.45) is 2.94. The second-order valence-electron chi connectivity index (χ2n) is 5.21. The molecule has 1 N–H and O–H groups in total. The number of nitrogens with zero attached hydrogens (tertiary/aromatic N) is 3. The third-order valence-electron chi connectivity index (χ3n) is 3.53. The van der Waals surface area contributed by atoms with Gasteiger partial charge in [-0.25, -0.2) is 13.9 Å². The summed E-state index contributed by atoms with van der Waals surface area (Å²) in [6.45, 7) is 2.82. The molecule has 0 unspecified atom stereocenters. The Kier molecular flexibility index (Phi) is 5.20. The van der Waals surface area contributed by atoms with E-state index >= 15 is 0 Å². The fourth-order valence-corrected chi connectivity index (χ4v) is 2.37. The quantitative estimate of drug-likeness (QED) is 0.663. The van der Waals surface area contributed by atoms with Crippen molar-refractivity contribution < 1.29 is 18.4 Å². The summed E-state index contributed by atoms with van der Waals surface area (Å²) in [7, 11) is 0. The molecule has 0 radical (unpaired) electrons. The van der Waals surface area contributed by atoms with E-state index in [9.17, 15) is 9.18 Å². The molecule has 0 aliphatic carbocycles. The molecule has 0 saturated heterocycles. The fraction of sp³-hybridized carbons (Fsp3) is 0.235. The van der Waals surface area contributed by atoms with E-state index < -0.39 is 5.97 Å². The zero-order valence-corrected chi connectivity index (χ0v) is 13.6. The van der Waals surface area contributed by atoms with Crippen molar-refractivity contribution in [1.82, 2.24) is 20.3 Å². The summed E-state index contributed by atoms with van der Waals surface area (Å²) in [6, 6.07) is 7.62. The maximum absolute atomic E-state index is 13.2. The van der Waals surface area contributed by atoms with Gasteiger partial charge in [0, 0.05) is 19.2 Å². The molecule has 0 saturated carbocycles. The number of aromatic nitrogens is 3. The van der Waals surface area contributed by atoms with Gasteiger partial charge in [-0.15, -0.1) is 0 Å². The molecule has 0 atom stereocenters. The van der Waals surface area contributed by atoms with Crippen LogP contribution in [-0.4, -0.2) is 27.5 Å². The van der Waals surface area contributed by atoms with Crippen molar-refractivity contribution in [3.8, 4) is 5.69 Å². The van der Waals surface area contributed by atoms with Crippen LogP contribution in [0.2, 0.25) is 0 Å². The molecule has 3 rings (SSSR count). The van der Waals surface area contributed by atoms with Gasteiger partial charge in [0.2, 0.25) is 0 Å². The topological polar surface area (TPSA) is 82.2 Å². The average molecular weight is 344 g/mol. The van der Waals surface area contributed by atoms with Crippen LogP contribution >= 0.6 is 0 Å². The van der Waals surface area contributed by atoms with Crippen LogP contribution in [0.4, 0.5) is 4.39 Å². The maximum Gasteiger partial charge on any atom is 0.341 e. The first-order valence-electron chi connectivity index (χ1n) is 7.79. The lowest BCUT2D eigenvalue weighted by molar-refractivity contribution is 0.0525. The Morgan fingerprint density at radius 2 is 2.08 bits per heavy atom. The van der Waals surface area contributed by atoms with E-state index in [0.29, 0.717) is 30.0 Å². The van der Waals surface area contributed by atoms with E-state index in [1.54, 1.807) is 29.8 Å². The van der Waals surface area contributed by atoms with E-state index in [0.717, 1.165) is 5.69 Å². The second-order valence-corrected chi connectivity index (χ2v) is 5.21. The van der Waals surface area contributed by atoms with E-state index in [4.69, 9.17) is 9.26 Å². The zero-order valence-electron chi connectivity index (χ0n) is 13.6. The minimum atomic E-state index is -0.450. The lowest BCUT2D eigenvalue weighted by atomic mass is 10.2. The van der Waals surface area contributed by atoms with Crippen LogP contribution in [0.3, 0.4) is 0 Å². The van der Waals surface area contributed by atoms with E-state index in [1.165, 1.54) is 24.6 Å². The van der Waals surface area contributed by atoms with Crippen molar-refractivity contribution in [1.29, 1.82) is 0 Å². The predicted octanol–water partition coefficient (Wildman–Crippen LogP) is 2.47. The number of hydrogen-bond acceptors (Lipinski definition) is 6. The number of benzene rings is 1. The Balaban J connectivity index is 1.86. The monoisotopic (exact) mass is 344 g/mol. The fourth-order valence-electron chi connectivity index (χ4n) is 2.37. The van der Waals surface area contributed by atoms with Gasteiger partial charge >= 0.3 is 5.97 Å². The summed E-state index contributed by atoms with van der Waals surface area (Å²) in [4.78, 5) is 12.2. The first-order valence-corrected chi connectivity index (χ1v) is 7.79. The lowest BCUT2D eigenvalue weighted by Gasteiger charge is -2.10. The SMILES string of the molecule is CCOC(=O)c1cnn(-c2ccc(F)cc2)c1CNCc1ccon1. The molecule has 25 heavy (non-hydrogen) atoms. The number of rotatable bonds is 7. The molecule has 130 valence electrons. The second kappa shape index (κ2) is 7.71. The van der Waals surface area contributed by atoms with Crippen LogP contribution in [-0.2, 0) is 17.8 Å². The highest BCUT2D eigenvalue weighted by molar-refractivity contribution is 5.90. The number of esters is 1. The number of carbonyl (C=O) groups is 1. The van der Waals surface area contributed by atoms with Crippen molar-refractivity contribution in [2.75, 3.05) is 6.61 Å². The molecule has 2 heterocycles. The van der Waals surface area contributed by atoms with Gasteiger partial charge < -0.3 is 14.6 Å². The number of hydrogen-bond donors (Lipinski definition) is 1. The highest BCUT2D eigenvalue weighted by Gasteiger charge is 2.19. The first-order chi connectivity index (χ1) is 12.2. The van der Waals surface area contributed by atoms with Gasteiger partial charge in [0.1, 0.15) is 17.6 Å². The summed E-state index contributed by atoms with van der Waals surface area (Å²) in [5, 5.41) is 11.3. The van der Waals surface area contributed by atoms with Crippen LogP contribution in [0.5, 0.6) is 0 Å². The smallest absolute Gasteiger partial charge is 0.341 e. The van der Waals surface area contributed by atoms with Gasteiger partial charge in [-0.2, -0.15) is 5.10 Å². The molecule has 1 aromatic carbocycles. The normalized spacial score (nSPS) is 10.8. The van der Waals surface area contributed by atoms with Gasteiger partial charge in [0.25, 0.3) is 0 Å². The Morgan fingerprint density at radius 3 is 2.76 bits per heavy atom. The molecular formula is C17H17FN4O3. The predicted molar refractivity (Wildman–Crippen MR) is 86.5 cm³/mol. The molecule has 0 spiro atoms. The standard InChI is InChI=1S/C17H17FN4O3/c1-2-24-17(23)15-10-20-22(14-5-3-12(18)4-6-14)16(15)11-19-9-13-7-8-25-21-13/h3-8,10,19H,2,9,11H2,1H3. The van der Waals surface area contributed by atoms with Crippen molar-refractivity contribution >= 4 is 5.97 Å². The molecule has 7 nitrogen and oxygen atoms in total. The minimum absolute atomic E-state index is 0.270. The Bertz CT molecular complexity index is 828. The molecule has 2 aromatic heterocycles. The largest absolute Gasteiger partial charge is 0.462 e. The Hall–Kier alpha value is -3.00. The third kappa shape index (κ3) is 3.92. The molecule has 0 fully saturated rings. The molecule has 3 aromatic rings. The number of halogens is 1. The van der Waals surface area contributed by atoms with Gasteiger partial charge in [0.05, 0.1) is 29.9 Å². The Morgan fingerprint density at radius 1 is 1.28 bits per heavy atom. The van der Waals surface area contributed by atoms with Gasteiger partial charge in [-0.3, -0.25) is 0 Å². The van der Waals surface area contributed by atoms with Gasteiger partial charge in [0.15, 0.2) is 0 Å². The van der Waals surface area contributed by atoms with Crippen molar-refractivity contribution in [2.45, 2.75) is 20.0 Å². The Labute approximate surface area is 143 Å². The molecular weight excluding hydrogens is 327 g/mol. The van der Waals surface area contributed by atoms with E-state index in [2.05, 4.69) is 15.6 Å². The summed E-state index contributed by atoms with van der Waals surface area (Å²) in [5.41, 5.74) is 2.37. The summed E-state index contributed by atoms with van der Waals surface area (Å²) in [5.74, 6) is -0.790. The summed E-state index contributed by atoms with van der Waals surface area (Å²) >= 11 is 0. The van der Waals surface area contributed by atoms with Crippen LogP contribution in [0.1, 0.15) is 28.7 Å². The van der Waals surface area contributed by atoms with Crippen molar-refractivity contribution in [2.24, 2.45) is 0 Å². The minimum Gasteiger partial charge on any atom is -0.462 e. The first kappa shape index (κ1) is 16.8. The van der Waals surface area contributed by atoms with E-state index in [-0.39, 0.29) is 12.4 Å². The molecule has 0 aliphatic rings. The highest BCUT2D eigenvalue weighted by Crippen LogP contribution is 2.17.